The Labute approximate surface area is 230 Å². The van der Waals surface area contributed by atoms with Crippen molar-refractivity contribution in [3.63, 3.8) is 0 Å². The summed E-state index contributed by atoms with van der Waals surface area (Å²) in [5.74, 6) is 0.671. The Hall–Kier alpha value is -3.78. The van der Waals surface area contributed by atoms with E-state index in [9.17, 15) is 0 Å². The van der Waals surface area contributed by atoms with Crippen LogP contribution in [0.25, 0.3) is 22.3 Å². The molecule has 0 saturated heterocycles. The number of allylic oxidation sites excluding steroid dienone is 4. The van der Waals surface area contributed by atoms with Crippen LogP contribution in [0.3, 0.4) is 0 Å². The van der Waals surface area contributed by atoms with Crippen LogP contribution < -0.4 is 11.5 Å². The molecule has 0 heterocycles. The van der Waals surface area contributed by atoms with Gasteiger partial charge in [0, 0.05) is 11.4 Å². The molecule has 0 aliphatic heterocycles. The van der Waals surface area contributed by atoms with Crippen LogP contribution in [-0.4, -0.2) is 0 Å². The third-order valence-corrected chi connectivity index (χ3v) is 7.25. The van der Waals surface area contributed by atoms with Gasteiger partial charge in [0.2, 0.25) is 0 Å². The van der Waals surface area contributed by atoms with Crippen LogP contribution in [0, 0.1) is 0 Å². The summed E-state index contributed by atoms with van der Waals surface area (Å²) in [5.41, 5.74) is 26.8. The molecule has 0 unspecified atom stereocenters. The molecule has 3 aromatic rings. The van der Waals surface area contributed by atoms with E-state index >= 15 is 0 Å². The highest BCUT2D eigenvalue weighted by Gasteiger charge is 2.23. The second-order valence-electron chi connectivity index (χ2n) is 10.7. The topological polar surface area (TPSA) is 52.0 Å². The van der Waals surface area contributed by atoms with Gasteiger partial charge >= 0.3 is 0 Å². The van der Waals surface area contributed by atoms with E-state index in [1.807, 2.05) is 24.3 Å². The Kier molecular flexibility index (Phi) is 9.58. The monoisotopic (exact) mass is 504 g/mol. The molecule has 0 bridgehead atoms. The maximum Gasteiger partial charge on any atom is 0.0385 e. The molecule has 2 heteroatoms. The lowest BCUT2D eigenvalue weighted by atomic mass is 9.79. The van der Waals surface area contributed by atoms with Gasteiger partial charge in [0.15, 0.2) is 0 Å². The van der Waals surface area contributed by atoms with E-state index in [0.717, 1.165) is 59.3 Å². The molecule has 0 atom stereocenters. The van der Waals surface area contributed by atoms with Gasteiger partial charge in [-0.05, 0) is 117 Å². The Balaban J connectivity index is 2.54. The lowest BCUT2D eigenvalue weighted by molar-refractivity contribution is 0.849. The first-order valence-corrected chi connectivity index (χ1v) is 13.6. The molecule has 198 valence electrons. The highest BCUT2D eigenvalue weighted by molar-refractivity contribution is 5.91. The molecule has 3 rings (SSSR count). The molecule has 0 aliphatic carbocycles. The fourth-order valence-corrected chi connectivity index (χ4v) is 5.36. The van der Waals surface area contributed by atoms with E-state index < -0.39 is 0 Å². The summed E-state index contributed by atoms with van der Waals surface area (Å²) in [7, 11) is 0. The van der Waals surface area contributed by atoms with Crippen LogP contribution in [0.5, 0.6) is 0 Å². The standard InChI is InChI=1S/C36H44N2/c1-9-13-25-19-29(20-26(14-10-2)35(25)37)33-31(23(5)6)17-18-32(24(7)8)34(33)30-21-27(15-11-3)36(38)28(22-30)16-12-4/h9-12,17-24H,1-4,13-16,37-38H2,5-8H3. The fourth-order valence-electron chi connectivity index (χ4n) is 5.36. The van der Waals surface area contributed by atoms with Gasteiger partial charge in [-0.15, -0.1) is 26.3 Å². The van der Waals surface area contributed by atoms with Crippen LogP contribution in [0.4, 0.5) is 11.4 Å². The van der Waals surface area contributed by atoms with E-state index in [1.165, 1.54) is 33.4 Å². The van der Waals surface area contributed by atoms with Gasteiger partial charge < -0.3 is 11.5 Å². The molecule has 0 fully saturated rings. The first kappa shape index (κ1) is 28.8. The van der Waals surface area contributed by atoms with Crippen LogP contribution in [0.15, 0.2) is 87.0 Å². The smallest absolute Gasteiger partial charge is 0.0385 e. The second-order valence-corrected chi connectivity index (χ2v) is 10.7. The molecule has 0 aliphatic rings. The van der Waals surface area contributed by atoms with E-state index in [1.54, 1.807) is 0 Å². The van der Waals surface area contributed by atoms with Gasteiger partial charge in [-0.25, -0.2) is 0 Å². The van der Waals surface area contributed by atoms with Gasteiger partial charge in [-0.1, -0.05) is 64.1 Å². The number of nitrogens with two attached hydrogens (primary N) is 2. The van der Waals surface area contributed by atoms with Gasteiger partial charge in [-0.2, -0.15) is 0 Å². The molecule has 0 radical (unpaired) electrons. The van der Waals surface area contributed by atoms with Crippen molar-refractivity contribution in [2.45, 2.75) is 65.2 Å². The summed E-state index contributed by atoms with van der Waals surface area (Å²) < 4.78 is 0. The molecule has 0 saturated carbocycles. The van der Waals surface area contributed by atoms with E-state index in [0.29, 0.717) is 11.8 Å². The fraction of sp³-hybridized carbons (Fsp3) is 0.278. The first-order valence-electron chi connectivity index (χ1n) is 13.6. The minimum atomic E-state index is 0.335. The molecule has 38 heavy (non-hydrogen) atoms. The van der Waals surface area contributed by atoms with E-state index in [4.69, 9.17) is 11.5 Å². The summed E-state index contributed by atoms with van der Waals surface area (Å²) >= 11 is 0. The maximum atomic E-state index is 6.62. The van der Waals surface area contributed by atoms with Gasteiger partial charge in [-0.3, -0.25) is 0 Å². The van der Waals surface area contributed by atoms with E-state index in [-0.39, 0.29) is 0 Å². The highest BCUT2D eigenvalue weighted by Crippen LogP contribution is 2.45. The summed E-state index contributed by atoms with van der Waals surface area (Å²) in [6, 6.07) is 13.6. The molecular formula is C36H44N2. The summed E-state index contributed by atoms with van der Waals surface area (Å²) in [6.45, 7) is 25.0. The van der Waals surface area contributed by atoms with Crippen molar-refractivity contribution in [2.24, 2.45) is 0 Å². The summed E-state index contributed by atoms with van der Waals surface area (Å²) in [4.78, 5) is 0. The van der Waals surface area contributed by atoms with Crippen LogP contribution in [0.1, 0.15) is 72.9 Å². The number of hydrogen-bond donors (Lipinski definition) is 2. The zero-order chi connectivity index (χ0) is 28.0. The zero-order valence-electron chi connectivity index (χ0n) is 23.7. The maximum absolute atomic E-state index is 6.62. The molecule has 0 aromatic heterocycles. The second kappa shape index (κ2) is 12.6. The Morgan fingerprint density at radius 3 is 1.03 bits per heavy atom. The third kappa shape index (κ3) is 5.86. The van der Waals surface area contributed by atoms with Gasteiger partial charge in [0.1, 0.15) is 0 Å². The van der Waals surface area contributed by atoms with Crippen molar-refractivity contribution >= 4 is 11.4 Å². The van der Waals surface area contributed by atoms with Crippen LogP contribution >= 0.6 is 0 Å². The van der Waals surface area contributed by atoms with Crippen molar-refractivity contribution in [2.75, 3.05) is 11.5 Å². The molecule has 4 N–H and O–H groups in total. The van der Waals surface area contributed by atoms with Crippen LogP contribution in [-0.2, 0) is 25.7 Å². The Bertz CT molecular complexity index is 1190. The number of anilines is 2. The predicted molar refractivity (Wildman–Crippen MR) is 170 cm³/mol. The molecular weight excluding hydrogens is 460 g/mol. The largest absolute Gasteiger partial charge is 0.398 e. The minimum absolute atomic E-state index is 0.335. The lowest BCUT2D eigenvalue weighted by Gasteiger charge is -2.25. The minimum Gasteiger partial charge on any atom is -0.398 e. The van der Waals surface area contributed by atoms with Crippen molar-refractivity contribution < 1.29 is 0 Å². The lowest BCUT2D eigenvalue weighted by Crippen LogP contribution is -2.06. The molecule has 2 nitrogen and oxygen atoms in total. The van der Waals surface area contributed by atoms with Crippen LogP contribution in [0.2, 0.25) is 0 Å². The Morgan fingerprint density at radius 1 is 0.553 bits per heavy atom. The van der Waals surface area contributed by atoms with Crippen molar-refractivity contribution in [1.29, 1.82) is 0 Å². The first-order chi connectivity index (χ1) is 18.2. The van der Waals surface area contributed by atoms with Crippen molar-refractivity contribution in [1.82, 2.24) is 0 Å². The van der Waals surface area contributed by atoms with E-state index in [2.05, 4.69) is 90.4 Å². The third-order valence-electron chi connectivity index (χ3n) is 7.25. The van der Waals surface area contributed by atoms with Crippen molar-refractivity contribution in [3.8, 4) is 22.3 Å². The molecule has 3 aromatic carbocycles. The quantitative estimate of drug-likeness (QED) is 0.191. The average Bonchev–Trinajstić information content (AvgIpc) is 2.88. The zero-order valence-corrected chi connectivity index (χ0v) is 23.7. The van der Waals surface area contributed by atoms with Gasteiger partial charge in [0.05, 0.1) is 0 Å². The number of hydrogen-bond acceptors (Lipinski definition) is 2. The summed E-state index contributed by atoms with van der Waals surface area (Å²) in [5, 5.41) is 0. The Morgan fingerprint density at radius 2 is 0.816 bits per heavy atom. The predicted octanol–water partition coefficient (Wildman–Crippen LogP) is 9.35. The SMILES string of the molecule is C=CCc1cc(-c2c(C(C)C)ccc(C(C)C)c2-c2cc(CC=C)c(N)c(CC=C)c2)cc(CC=C)c1N. The van der Waals surface area contributed by atoms with Gasteiger partial charge in [0.25, 0.3) is 0 Å². The number of nitrogen functional groups attached to an aromatic ring is 2. The van der Waals surface area contributed by atoms with Crippen molar-refractivity contribution in [3.05, 3.63) is 120 Å². The summed E-state index contributed by atoms with van der Waals surface area (Å²) in [6.07, 6.45) is 10.6. The average molecular weight is 505 g/mol. The molecule has 0 amide bonds. The molecule has 0 spiro atoms. The normalized spacial score (nSPS) is 11.1. The highest BCUT2D eigenvalue weighted by atomic mass is 14.6. The number of rotatable bonds is 12. The number of benzene rings is 3.